The summed E-state index contributed by atoms with van der Waals surface area (Å²) in [5.41, 5.74) is 5.67. The Kier molecular flexibility index (Phi) is 4.90. The van der Waals surface area contributed by atoms with Crippen LogP contribution < -0.4 is 10.9 Å². The third-order valence-corrected chi connectivity index (χ3v) is 4.89. The minimum absolute atomic E-state index is 0.0413. The van der Waals surface area contributed by atoms with Crippen molar-refractivity contribution >= 4 is 52.3 Å². The van der Waals surface area contributed by atoms with Crippen LogP contribution in [0.1, 0.15) is 19.3 Å². The zero-order valence-electron chi connectivity index (χ0n) is 12.2. The van der Waals surface area contributed by atoms with E-state index in [-0.39, 0.29) is 24.2 Å². The molecule has 2 N–H and O–H groups in total. The van der Waals surface area contributed by atoms with Crippen LogP contribution in [-0.4, -0.2) is 29.8 Å². The number of nitrogens with zero attached hydrogens (tertiary/aromatic N) is 1. The van der Waals surface area contributed by atoms with E-state index in [0.29, 0.717) is 33.2 Å². The van der Waals surface area contributed by atoms with Crippen LogP contribution in [0.25, 0.3) is 0 Å². The number of hydrazine groups is 1. The van der Waals surface area contributed by atoms with Crippen molar-refractivity contribution in [3.8, 4) is 0 Å². The van der Waals surface area contributed by atoms with Crippen LogP contribution in [0.15, 0.2) is 12.1 Å². The maximum atomic E-state index is 12.2. The zero-order valence-corrected chi connectivity index (χ0v) is 14.5. The second-order valence-corrected chi connectivity index (χ2v) is 7.25. The van der Waals surface area contributed by atoms with E-state index >= 15 is 0 Å². The van der Waals surface area contributed by atoms with Crippen molar-refractivity contribution in [2.75, 3.05) is 18.5 Å². The van der Waals surface area contributed by atoms with Gasteiger partial charge in [0.2, 0.25) is 11.8 Å². The number of amides is 2. The van der Waals surface area contributed by atoms with Crippen LogP contribution in [0.2, 0.25) is 15.1 Å². The van der Waals surface area contributed by atoms with Gasteiger partial charge >= 0.3 is 0 Å². The van der Waals surface area contributed by atoms with E-state index in [9.17, 15) is 9.59 Å². The minimum Gasteiger partial charge on any atom is -0.342 e. The largest absolute Gasteiger partial charge is 0.342 e. The SMILES string of the molecule is O=C(NNc1c(Cl)cc(Cl)cc1Cl)C1CC(=O)N(CC2CC2)C1. The molecule has 5 nitrogen and oxygen atoms in total. The van der Waals surface area contributed by atoms with Gasteiger partial charge in [-0.05, 0) is 30.9 Å². The molecule has 0 bridgehead atoms. The van der Waals surface area contributed by atoms with Crippen LogP contribution in [0.4, 0.5) is 5.69 Å². The summed E-state index contributed by atoms with van der Waals surface area (Å²) in [6.45, 7) is 1.23. The normalized spacial score (nSPS) is 20.7. The first-order valence-corrected chi connectivity index (χ1v) is 8.55. The minimum atomic E-state index is -0.362. The van der Waals surface area contributed by atoms with Crippen molar-refractivity contribution in [2.24, 2.45) is 11.8 Å². The lowest BCUT2D eigenvalue weighted by Gasteiger charge is -2.17. The van der Waals surface area contributed by atoms with Crippen LogP contribution in [-0.2, 0) is 9.59 Å². The summed E-state index contributed by atoms with van der Waals surface area (Å²) in [7, 11) is 0. The molecule has 2 amide bonds. The lowest BCUT2D eigenvalue weighted by Crippen LogP contribution is -2.37. The Labute approximate surface area is 149 Å². The molecule has 1 heterocycles. The van der Waals surface area contributed by atoms with E-state index in [1.165, 1.54) is 25.0 Å². The van der Waals surface area contributed by atoms with Gasteiger partial charge in [0.15, 0.2) is 0 Å². The lowest BCUT2D eigenvalue weighted by molar-refractivity contribution is -0.129. The van der Waals surface area contributed by atoms with Gasteiger partial charge in [-0.1, -0.05) is 34.8 Å². The van der Waals surface area contributed by atoms with Gasteiger partial charge in [-0.15, -0.1) is 0 Å². The molecule has 0 aromatic heterocycles. The first kappa shape index (κ1) is 16.7. The topological polar surface area (TPSA) is 61.4 Å². The summed E-state index contributed by atoms with van der Waals surface area (Å²) in [5, 5.41) is 1.02. The van der Waals surface area contributed by atoms with Gasteiger partial charge in [0.1, 0.15) is 0 Å². The third-order valence-electron chi connectivity index (χ3n) is 4.08. The van der Waals surface area contributed by atoms with Crippen LogP contribution in [0.3, 0.4) is 0 Å². The fourth-order valence-electron chi connectivity index (χ4n) is 2.62. The molecule has 0 spiro atoms. The second kappa shape index (κ2) is 6.75. The molecular formula is C15H16Cl3N3O2. The Bertz CT molecular complexity index is 626. The predicted octanol–water partition coefficient (Wildman–Crippen LogP) is 3.35. The first-order valence-electron chi connectivity index (χ1n) is 7.42. The quantitative estimate of drug-likeness (QED) is 0.775. The molecule has 2 fully saturated rings. The number of rotatable bonds is 5. The summed E-state index contributed by atoms with van der Waals surface area (Å²) in [4.78, 5) is 26.0. The van der Waals surface area contributed by atoms with E-state index < -0.39 is 0 Å². The van der Waals surface area contributed by atoms with Gasteiger partial charge in [-0.25, -0.2) is 0 Å². The lowest BCUT2D eigenvalue weighted by atomic mass is 10.1. The van der Waals surface area contributed by atoms with Crippen molar-refractivity contribution in [1.29, 1.82) is 0 Å². The molecule has 1 aliphatic carbocycles. The maximum absolute atomic E-state index is 12.2. The van der Waals surface area contributed by atoms with Crippen molar-refractivity contribution in [3.63, 3.8) is 0 Å². The first-order chi connectivity index (χ1) is 10.9. The number of nitrogens with one attached hydrogen (secondary N) is 2. The molecule has 1 atom stereocenters. The Morgan fingerprint density at radius 1 is 1.22 bits per heavy atom. The second-order valence-electron chi connectivity index (χ2n) is 6.00. The van der Waals surface area contributed by atoms with Crippen LogP contribution >= 0.6 is 34.8 Å². The number of likely N-dealkylation sites (tertiary alicyclic amines) is 1. The average Bonchev–Trinajstić information content (AvgIpc) is 3.20. The fraction of sp³-hybridized carbons (Fsp3) is 0.467. The fourth-order valence-corrected chi connectivity index (χ4v) is 3.54. The Balaban J connectivity index is 1.56. The summed E-state index contributed by atoms with van der Waals surface area (Å²) in [6.07, 6.45) is 2.59. The number of hydrogen-bond donors (Lipinski definition) is 2. The molecule has 0 radical (unpaired) electrons. The molecule has 1 saturated heterocycles. The van der Waals surface area contributed by atoms with E-state index in [1.807, 2.05) is 0 Å². The van der Waals surface area contributed by atoms with Gasteiger partial charge in [0.05, 0.1) is 21.7 Å². The number of benzene rings is 1. The van der Waals surface area contributed by atoms with E-state index in [4.69, 9.17) is 34.8 Å². The van der Waals surface area contributed by atoms with Crippen LogP contribution in [0.5, 0.6) is 0 Å². The van der Waals surface area contributed by atoms with Gasteiger partial charge in [-0.3, -0.25) is 20.4 Å². The van der Waals surface area contributed by atoms with Crippen molar-refractivity contribution in [1.82, 2.24) is 10.3 Å². The van der Waals surface area contributed by atoms with Gasteiger partial charge in [-0.2, -0.15) is 0 Å². The molecule has 1 aromatic rings. The molecule has 2 aliphatic rings. The number of anilines is 1. The Hall–Kier alpha value is -1.17. The van der Waals surface area contributed by atoms with Gasteiger partial charge < -0.3 is 4.90 Å². The Morgan fingerprint density at radius 2 is 1.87 bits per heavy atom. The highest BCUT2D eigenvalue weighted by molar-refractivity contribution is 6.41. The summed E-state index contributed by atoms with van der Waals surface area (Å²) < 4.78 is 0. The summed E-state index contributed by atoms with van der Waals surface area (Å²) in [6, 6.07) is 3.06. The number of halogens is 3. The molecule has 1 saturated carbocycles. The average molecular weight is 377 g/mol. The predicted molar refractivity (Wildman–Crippen MR) is 90.6 cm³/mol. The zero-order chi connectivity index (χ0) is 16.6. The van der Waals surface area contributed by atoms with Crippen molar-refractivity contribution in [2.45, 2.75) is 19.3 Å². The molecule has 1 unspecified atom stereocenters. The van der Waals surface area contributed by atoms with Crippen LogP contribution in [0, 0.1) is 11.8 Å². The van der Waals surface area contributed by atoms with E-state index in [2.05, 4.69) is 10.9 Å². The number of carbonyl (C=O) groups is 2. The van der Waals surface area contributed by atoms with Crippen molar-refractivity contribution < 1.29 is 9.59 Å². The number of carbonyl (C=O) groups excluding carboxylic acids is 2. The molecule has 23 heavy (non-hydrogen) atoms. The van der Waals surface area contributed by atoms with Crippen molar-refractivity contribution in [3.05, 3.63) is 27.2 Å². The highest BCUT2D eigenvalue weighted by Crippen LogP contribution is 2.34. The highest BCUT2D eigenvalue weighted by atomic mass is 35.5. The number of hydrogen-bond acceptors (Lipinski definition) is 3. The molecular weight excluding hydrogens is 361 g/mol. The third kappa shape index (κ3) is 4.03. The summed E-state index contributed by atoms with van der Waals surface area (Å²) in [5.74, 6) is 0.0440. The highest BCUT2D eigenvalue weighted by Gasteiger charge is 2.37. The standard InChI is InChI=1S/C15H16Cl3N3O2/c16-10-4-11(17)14(12(18)5-10)19-20-15(23)9-3-13(22)21(7-9)6-8-1-2-8/h4-5,8-9,19H,1-3,6-7H2,(H,20,23). The molecule has 1 aromatic carbocycles. The molecule has 124 valence electrons. The maximum Gasteiger partial charge on any atom is 0.243 e. The molecule has 3 rings (SSSR count). The van der Waals surface area contributed by atoms with E-state index in [0.717, 1.165) is 6.54 Å². The Morgan fingerprint density at radius 3 is 2.48 bits per heavy atom. The molecule has 8 heteroatoms. The van der Waals surface area contributed by atoms with Gasteiger partial charge in [0, 0.05) is 24.5 Å². The smallest absolute Gasteiger partial charge is 0.243 e. The molecule has 1 aliphatic heterocycles. The van der Waals surface area contributed by atoms with Gasteiger partial charge in [0.25, 0.3) is 0 Å². The van der Waals surface area contributed by atoms with E-state index in [1.54, 1.807) is 4.90 Å². The monoisotopic (exact) mass is 375 g/mol. The summed E-state index contributed by atoms with van der Waals surface area (Å²) >= 11 is 17.9.